The second kappa shape index (κ2) is 7.41. The highest BCUT2D eigenvalue weighted by atomic mass is 35.5. The molecule has 0 saturated heterocycles. The number of hydrogen-bond acceptors (Lipinski definition) is 3. The molecule has 0 saturated carbocycles. The molecule has 2 rings (SSSR count). The van der Waals surface area contributed by atoms with Gasteiger partial charge in [0, 0.05) is 18.0 Å². The van der Waals surface area contributed by atoms with E-state index < -0.39 is 0 Å². The van der Waals surface area contributed by atoms with Crippen molar-refractivity contribution in [2.45, 2.75) is 27.2 Å². The van der Waals surface area contributed by atoms with Crippen LogP contribution in [-0.4, -0.2) is 16.6 Å². The van der Waals surface area contributed by atoms with Gasteiger partial charge in [0.25, 0.3) is 0 Å². The summed E-state index contributed by atoms with van der Waals surface area (Å²) in [5, 5.41) is 0.591. The topological polar surface area (TPSA) is 35.0 Å². The third-order valence-corrected chi connectivity index (χ3v) is 3.49. The molecule has 0 bridgehead atoms. The molecule has 2 aromatic heterocycles. The Morgan fingerprint density at radius 3 is 2.52 bits per heavy atom. The van der Waals surface area contributed by atoms with E-state index in [2.05, 4.69) is 30.7 Å². The number of halogens is 1. The van der Waals surface area contributed by atoms with Gasteiger partial charge in [0.2, 0.25) is 0 Å². The fourth-order valence-corrected chi connectivity index (χ4v) is 2.52. The third-order valence-electron chi connectivity index (χ3n) is 3.19. The maximum atomic E-state index is 6.29. The molecular weight excluding hydrogens is 284 g/mol. The van der Waals surface area contributed by atoms with E-state index in [0.29, 0.717) is 29.2 Å². The van der Waals surface area contributed by atoms with Gasteiger partial charge >= 0.3 is 0 Å². The zero-order chi connectivity index (χ0) is 15.2. The van der Waals surface area contributed by atoms with Crippen LogP contribution in [-0.2, 0) is 0 Å². The van der Waals surface area contributed by atoms with Crippen LogP contribution in [0, 0.1) is 11.8 Å². The summed E-state index contributed by atoms with van der Waals surface area (Å²) in [4.78, 5) is 8.41. The summed E-state index contributed by atoms with van der Waals surface area (Å²) in [6.45, 7) is 7.28. The number of hydrogen-bond donors (Lipinski definition) is 0. The number of nitrogens with zero attached hydrogens (tertiary/aromatic N) is 2. The van der Waals surface area contributed by atoms with Crippen LogP contribution in [0.4, 0.5) is 0 Å². The molecule has 0 fully saturated rings. The van der Waals surface area contributed by atoms with Crippen LogP contribution in [0.2, 0.25) is 5.02 Å². The van der Waals surface area contributed by atoms with Gasteiger partial charge in [-0.1, -0.05) is 32.4 Å². The Hall–Kier alpha value is -1.61. The largest absolute Gasteiger partial charge is 0.490 e. The lowest BCUT2D eigenvalue weighted by atomic mass is 10.00. The fraction of sp³-hybridized carbons (Fsp3) is 0.412. The smallest absolute Gasteiger partial charge is 0.156 e. The van der Waals surface area contributed by atoms with Gasteiger partial charge in [0.1, 0.15) is 0 Å². The molecule has 0 aliphatic carbocycles. The maximum Gasteiger partial charge on any atom is 0.156 e. The maximum absolute atomic E-state index is 6.29. The van der Waals surface area contributed by atoms with Crippen molar-refractivity contribution in [2.24, 2.45) is 11.8 Å². The second-order valence-corrected chi connectivity index (χ2v) is 6.19. The summed E-state index contributed by atoms with van der Waals surface area (Å²) in [5.41, 5.74) is 1.82. The standard InChI is InChI=1S/C17H21ClN2O/c1-12(2)8-13(3)11-21-17-10-20-16(9-15(17)18)14-4-6-19-7-5-14/h4-7,9-10,12-13H,8,11H2,1-3H3/t13-/m0/s1. The van der Waals surface area contributed by atoms with Crippen LogP contribution >= 0.6 is 11.6 Å². The monoisotopic (exact) mass is 304 g/mol. The highest BCUT2D eigenvalue weighted by Crippen LogP contribution is 2.28. The van der Waals surface area contributed by atoms with Crippen LogP contribution in [0.25, 0.3) is 11.3 Å². The van der Waals surface area contributed by atoms with Crippen molar-refractivity contribution in [1.82, 2.24) is 9.97 Å². The van der Waals surface area contributed by atoms with Gasteiger partial charge in [-0.3, -0.25) is 9.97 Å². The number of rotatable bonds is 6. The second-order valence-electron chi connectivity index (χ2n) is 5.78. The van der Waals surface area contributed by atoms with Crippen LogP contribution < -0.4 is 4.74 Å². The lowest BCUT2D eigenvalue weighted by molar-refractivity contribution is 0.238. The average molecular weight is 305 g/mol. The number of aromatic nitrogens is 2. The predicted molar refractivity (Wildman–Crippen MR) is 86.6 cm³/mol. The van der Waals surface area contributed by atoms with E-state index in [9.17, 15) is 0 Å². The van der Waals surface area contributed by atoms with E-state index in [1.165, 1.54) is 0 Å². The van der Waals surface area contributed by atoms with Crippen molar-refractivity contribution < 1.29 is 4.74 Å². The fourth-order valence-electron chi connectivity index (χ4n) is 2.31. The Bertz CT molecular complexity index is 572. The minimum atomic E-state index is 0.501. The average Bonchev–Trinajstić information content (AvgIpc) is 2.46. The van der Waals surface area contributed by atoms with Crippen LogP contribution in [0.3, 0.4) is 0 Å². The van der Waals surface area contributed by atoms with E-state index in [4.69, 9.17) is 16.3 Å². The summed E-state index contributed by atoms with van der Waals surface area (Å²) in [6.07, 6.45) is 6.31. The first kappa shape index (κ1) is 15.8. The van der Waals surface area contributed by atoms with Crippen molar-refractivity contribution >= 4 is 11.6 Å². The number of ether oxygens (including phenoxy) is 1. The molecule has 2 aromatic rings. The highest BCUT2D eigenvalue weighted by Gasteiger charge is 2.10. The summed E-state index contributed by atoms with van der Waals surface area (Å²) >= 11 is 6.29. The minimum absolute atomic E-state index is 0.501. The van der Waals surface area contributed by atoms with Crippen LogP contribution in [0.15, 0.2) is 36.8 Å². The van der Waals surface area contributed by atoms with Crippen LogP contribution in [0.5, 0.6) is 5.75 Å². The first-order valence-corrected chi connectivity index (χ1v) is 7.62. The SMILES string of the molecule is CC(C)C[C@H](C)COc1cnc(-c2ccncc2)cc1Cl. The molecule has 0 aliphatic rings. The summed E-state index contributed by atoms with van der Waals surface area (Å²) < 4.78 is 5.78. The molecule has 3 nitrogen and oxygen atoms in total. The van der Waals surface area contributed by atoms with E-state index >= 15 is 0 Å². The molecule has 0 amide bonds. The Morgan fingerprint density at radius 1 is 1.19 bits per heavy atom. The molecule has 112 valence electrons. The van der Waals surface area contributed by atoms with E-state index in [1.807, 2.05) is 18.2 Å². The highest BCUT2D eigenvalue weighted by molar-refractivity contribution is 6.32. The Labute approximate surface area is 131 Å². The van der Waals surface area contributed by atoms with Crippen molar-refractivity contribution in [3.8, 4) is 17.0 Å². The van der Waals surface area contributed by atoms with Crippen molar-refractivity contribution in [3.05, 3.63) is 41.8 Å². The molecule has 0 radical (unpaired) electrons. The predicted octanol–water partition coefficient (Wildman–Crippen LogP) is 4.86. The van der Waals surface area contributed by atoms with E-state index in [0.717, 1.165) is 17.7 Å². The first-order chi connectivity index (χ1) is 10.1. The summed E-state index contributed by atoms with van der Waals surface area (Å²) in [7, 11) is 0. The molecule has 0 aromatic carbocycles. The van der Waals surface area contributed by atoms with Gasteiger partial charge < -0.3 is 4.74 Å². The number of pyridine rings is 2. The van der Waals surface area contributed by atoms with Gasteiger partial charge in [0.15, 0.2) is 5.75 Å². The molecule has 0 aliphatic heterocycles. The Morgan fingerprint density at radius 2 is 1.90 bits per heavy atom. The summed E-state index contributed by atoms with van der Waals surface area (Å²) in [6, 6.07) is 5.65. The van der Waals surface area contributed by atoms with Crippen LogP contribution in [0.1, 0.15) is 27.2 Å². The minimum Gasteiger partial charge on any atom is -0.490 e. The van der Waals surface area contributed by atoms with Gasteiger partial charge in [-0.25, -0.2) is 0 Å². The zero-order valence-corrected chi connectivity index (χ0v) is 13.5. The molecule has 21 heavy (non-hydrogen) atoms. The van der Waals surface area contributed by atoms with Gasteiger partial charge in [-0.05, 0) is 36.5 Å². The first-order valence-electron chi connectivity index (χ1n) is 7.25. The van der Waals surface area contributed by atoms with Gasteiger partial charge in [-0.15, -0.1) is 0 Å². The van der Waals surface area contributed by atoms with Gasteiger partial charge in [0.05, 0.1) is 23.5 Å². The molecule has 0 N–H and O–H groups in total. The van der Waals surface area contributed by atoms with E-state index in [-0.39, 0.29) is 0 Å². The molecule has 1 atom stereocenters. The van der Waals surface area contributed by atoms with Crippen molar-refractivity contribution in [2.75, 3.05) is 6.61 Å². The molecular formula is C17H21ClN2O. The summed E-state index contributed by atoms with van der Waals surface area (Å²) in [5.74, 6) is 1.82. The van der Waals surface area contributed by atoms with Crippen molar-refractivity contribution in [1.29, 1.82) is 0 Å². The molecule has 0 unspecified atom stereocenters. The molecule has 0 spiro atoms. The Kier molecular flexibility index (Phi) is 5.57. The Balaban J connectivity index is 2.03. The normalized spacial score (nSPS) is 12.4. The van der Waals surface area contributed by atoms with Crippen molar-refractivity contribution in [3.63, 3.8) is 0 Å². The van der Waals surface area contributed by atoms with Gasteiger partial charge in [-0.2, -0.15) is 0 Å². The third kappa shape index (κ3) is 4.71. The zero-order valence-electron chi connectivity index (χ0n) is 12.7. The lowest BCUT2D eigenvalue weighted by Gasteiger charge is -2.15. The van der Waals surface area contributed by atoms with E-state index in [1.54, 1.807) is 18.6 Å². The lowest BCUT2D eigenvalue weighted by Crippen LogP contribution is -2.11. The quantitative estimate of drug-likeness (QED) is 0.764. The molecule has 4 heteroatoms. The molecule has 2 heterocycles.